The first kappa shape index (κ1) is 17.7. The normalized spacial score (nSPS) is 10.7. The third kappa shape index (κ3) is 4.68. The molecule has 1 heterocycles. The van der Waals surface area contributed by atoms with Crippen LogP contribution in [0.15, 0.2) is 34.9 Å². The van der Waals surface area contributed by atoms with E-state index in [0.717, 1.165) is 5.69 Å². The van der Waals surface area contributed by atoms with Crippen molar-refractivity contribution in [3.05, 3.63) is 41.7 Å². The Bertz CT molecular complexity index is 705. The molecular weight excluding hydrogens is 306 g/mol. The van der Waals surface area contributed by atoms with E-state index in [4.69, 9.17) is 4.52 Å². The zero-order chi connectivity index (χ0) is 17.7. The Hall–Kier alpha value is -2.63. The van der Waals surface area contributed by atoms with Crippen LogP contribution in [-0.2, 0) is 9.59 Å². The summed E-state index contributed by atoms with van der Waals surface area (Å²) in [5.74, 6) is 1.13. The predicted molar refractivity (Wildman–Crippen MR) is 93.0 cm³/mol. The Morgan fingerprint density at radius 2 is 1.92 bits per heavy atom. The third-order valence-electron chi connectivity index (χ3n) is 3.71. The molecule has 6 heteroatoms. The first-order valence-corrected chi connectivity index (χ1v) is 7.98. The van der Waals surface area contributed by atoms with Crippen molar-refractivity contribution in [2.75, 3.05) is 16.8 Å². The van der Waals surface area contributed by atoms with Crippen molar-refractivity contribution < 1.29 is 14.1 Å². The summed E-state index contributed by atoms with van der Waals surface area (Å²) in [6.07, 6.45) is 0.178. The molecule has 1 aromatic heterocycles. The van der Waals surface area contributed by atoms with Gasteiger partial charge in [0.05, 0.1) is 0 Å². The van der Waals surface area contributed by atoms with Crippen LogP contribution < -0.4 is 10.2 Å². The van der Waals surface area contributed by atoms with E-state index in [2.05, 4.69) is 24.3 Å². The minimum atomic E-state index is -0.214. The summed E-state index contributed by atoms with van der Waals surface area (Å²) < 4.78 is 4.90. The Kier molecular flexibility index (Phi) is 5.73. The van der Waals surface area contributed by atoms with Crippen LogP contribution in [0.1, 0.15) is 44.4 Å². The van der Waals surface area contributed by atoms with Gasteiger partial charge in [-0.3, -0.25) is 9.59 Å². The van der Waals surface area contributed by atoms with Crippen LogP contribution in [0.3, 0.4) is 0 Å². The number of rotatable bonds is 6. The van der Waals surface area contributed by atoms with Gasteiger partial charge in [-0.25, -0.2) is 0 Å². The summed E-state index contributed by atoms with van der Waals surface area (Å²) >= 11 is 0. The Balaban J connectivity index is 1.98. The molecule has 0 bridgehead atoms. The average molecular weight is 329 g/mol. The molecule has 0 unspecified atom stereocenters. The molecule has 128 valence electrons. The number of anilines is 2. The number of hydrogen-bond donors (Lipinski definition) is 1. The molecule has 24 heavy (non-hydrogen) atoms. The molecule has 0 saturated carbocycles. The van der Waals surface area contributed by atoms with E-state index >= 15 is 0 Å². The highest BCUT2D eigenvalue weighted by molar-refractivity contribution is 5.94. The highest BCUT2D eigenvalue weighted by Gasteiger charge is 2.14. The van der Waals surface area contributed by atoms with Crippen LogP contribution in [0.4, 0.5) is 11.5 Å². The SMILES string of the molecule is CC(=O)N(CCC(=O)Nc1cc(C)on1)c1ccc(C(C)C)cc1. The first-order chi connectivity index (χ1) is 11.4. The zero-order valence-corrected chi connectivity index (χ0v) is 14.5. The fourth-order valence-electron chi connectivity index (χ4n) is 2.35. The largest absolute Gasteiger partial charge is 0.360 e. The van der Waals surface area contributed by atoms with Crippen molar-refractivity contribution in [1.29, 1.82) is 0 Å². The molecular formula is C18H23N3O3. The fraction of sp³-hybridized carbons (Fsp3) is 0.389. The number of hydrogen-bond acceptors (Lipinski definition) is 4. The number of aryl methyl sites for hydroxylation is 1. The van der Waals surface area contributed by atoms with Gasteiger partial charge in [-0.1, -0.05) is 31.1 Å². The van der Waals surface area contributed by atoms with Crippen LogP contribution in [0.2, 0.25) is 0 Å². The first-order valence-electron chi connectivity index (χ1n) is 7.98. The van der Waals surface area contributed by atoms with E-state index in [1.165, 1.54) is 12.5 Å². The van der Waals surface area contributed by atoms with Gasteiger partial charge in [-0.15, -0.1) is 0 Å². The van der Waals surface area contributed by atoms with E-state index in [-0.39, 0.29) is 18.2 Å². The van der Waals surface area contributed by atoms with Gasteiger partial charge in [-0.05, 0) is 30.5 Å². The maximum atomic E-state index is 12.0. The van der Waals surface area contributed by atoms with Gasteiger partial charge in [0, 0.05) is 31.6 Å². The van der Waals surface area contributed by atoms with Crippen LogP contribution >= 0.6 is 0 Å². The number of nitrogens with zero attached hydrogens (tertiary/aromatic N) is 2. The van der Waals surface area contributed by atoms with Crippen molar-refractivity contribution in [2.24, 2.45) is 0 Å². The second-order valence-electron chi connectivity index (χ2n) is 6.04. The van der Waals surface area contributed by atoms with Gasteiger partial charge in [0.2, 0.25) is 11.8 Å². The monoisotopic (exact) mass is 329 g/mol. The molecule has 2 rings (SSSR count). The second kappa shape index (κ2) is 7.77. The van der Waals surface area contributed by atoms with Gasteiger partial charge in [0.25, 0.3) is 0 Å². The number of carbonyl (C=O) groups is 2. The summed E-state index contributed by atoms with van der Waals surface area (Å²) in [6, 6.07) is 9.49. The number of benzene rings is 1. The quantitative estimate of drug-likeness (QED) is 0.880. The lowest BCUT2D eigenvalue weighted by Gasteiger charge is -2.21. The van der Waals surface area contributed by atoms with Crippen LogP contribution in [-0.4, -0.2) is 23.5 Å². The van der Waals surface area contributed by atoms with E-state index in [1.54, 1.807) is 17.9 Å². The summed E-state index contributed by atoms with van der Waals surface area (Å²) in [7, 11) is 0. The van der Waals surface area contributed by atoms with Crippen LogP contribution in [0.25, 0.3) is 0 Å². The summed E-state index contributed by atoms with van der Waals surface area (Å²) in [4.78, 5) is 25.5. The van der Waals surface area contributed by atoms with Gasteiger partial charge >= 0.3 is 0 Å². The number of nitrogens with one attached hydrogen (secondary N) is 1. The minimum Gasteiger partial charge on any atom is -0.360 e. The molecule has 0 spiro atoms. The topological polar surface area (TPSA) is 75.4 Å². The van der Waals surface area contributed by atoms with Gasteiger partial charge < -0.3 is 14.7 Å². The molecule has 0 fully saturated rings. The summed E-state index contributed by atoms with van der Waals surface area (Å²) in [5.41, 5.74) is 2.00. The van der Waals surface area contributed by atoms with Crippen molar-refractivity contribution in [3.8, 4) is 0 Å². The van der Waals surface area contributed by atoms with Crippen LogP contribution in [0.5, 0.6) is 0 Å². The van der Waals surface area contributed by atoms with Crippen molar-refractivity contribution in [2.45, 2.75) is 40.0 Å². The smallest absolute Gasteiger partial charge is 0.227 e. The molecule has 0 radical (unpaired) electrons. The molecule has 0 aliphatic heterocycles. The van der Waals surface area contributed by atoms with E-state index in [9.17, 15) is 9.59 Å². The van der Waals surface area contributed by atoms with E-state index in [1.807, 2.05) is 24.3 Å². The van der Waals surface area contributed by atoms with Gasteiger partial charge in [0.15, 0.2) is 5.82 Å². The number of carbonyl (C=O) groups excluding carboxylic acids is 2. The number of aromatic nitrogens is 1. The molecule has 1 aromatic carbocycles. The second-order valence-corrected chi connectivity index (χ2v) is 6.04. The van der Waals surface area contributed by atoms with E-state index in [0.29, 0.717) is 24.0 Å². The Morgan fingerprint density at radius 1 is 1.25 bits per heavy atom. The zero-order valence-electron chi connectivity index (χ0n) is 14.5. The lowest BCUT2D eigenvalue weighted by atomic mass is 10.0. The molecule has 1 N–H and O–H groups in total. The van der Waals surface area contributed by atoms with Crippen LogP contribution in [0, 0.1) is 6.92 Å². The molecule has 2 aromatic rings. The van der Waals surface area contributed by atoms with Crippen molar-refractivity contribution in [1.82, 2.24) is 5.16 Å². The molecule has 0 aliphatic carbocycles. The fourth-order valence-corrected chi connectivity index (χ4v) is 2.35. The van der Waals surface area contributed by atoms with Gasteiger partial charge in [-0.2, -0.15) is 0 Å². The van der Waals surface area contributed by atoms with E-state index < -0.39 is 0 Å². The minimum absolute atomic E-state index is 0.0997. The molecule has 6 nitrogen and oxygen atoms in total. The molecule has 0 saturated heterocycles. The lowest BCUT2D eigenvalue weighted by molar-refractivity contribution is -0.117. The predicted octanol–water partition coefficient (Wildman–Crippen LogP) is 3.49. The highest BCUT2D eigenvalue weighted by Crippen LogP contribution is 2.20. The number of amides is 2. The van der Waals surface area contributed by atoms with Crippen molar-refractivity contribution >= 4 is 23.3 Å². The standard InChI is InChI=1S/C18H23N3O3/c1-12(2)15-5-7-16(8-6-15)21(14(4)22)10-9-18(23)19-17-11-13(3)24-20-17/h5-8,11-12H,9-10H2,1-4H3,(H,19,20,23). The summed E-state index contributed by atoms with van der Waals surface area (Å²) in [5, 5.41) is 6.37. The maximum absolute atomic E-state index is 12.0. The van der Waals surface area contributed by atoms with Gasteiger partial charge in [0.1, 0.15) is 5.76 Å². The summed E-state index contributed by atoms with van der Waals surface area (Å²) in [6.45, 7) is 7.79. The Labute approximate surface area is 141 Å². The highest BCUT2D eigenvalue weighted by atomic mass is 16.5. The molecule has 2 amide bonds. The third-order valence-corrected chi connectivity index (χ3v) is 3.71. The maximum Gasteiger partial charge on any atom is 0.227 e. The van der Waals surface area contributed by atoms with Crippen molar-refractivity contribution in [3.63, 3.8) is 0 Å². The molecule has 0 atom stereocenters. The lowest BCUT2D eigenvalue weighted by Crippen LogP contribution is -2.32. The Morgan fingerprint density at radius 3 is 2.42 bits per heavy atom. The molecule has 0 aliphatic rings. The average Bonchev–Trinajstić information content (AvgIpc) is 2.92.